The van der Waals surface area contributed by atoms with Crippen LogP contribution in [0.4, 0.5) is 10.1 Å². The topological polar surface area (TPSA) is 137 Å². The van der Waals surface area contributed by atoms with E-state index in [9.17, 15) is 23.6 Å². The third-order valence-electron chi connectivity index (χ3n) is 7.22. The fourth-order valence-corrected chi connectivity index (χ4v) is 4.72. The maximum absolute atomic E-state index is 15.0. The summed E-state index contributed by atoms with van der Waals surface area (Å²) in [6, 6.07) is 4.07. The Morgan fingerprint density at radius 2 is 1.92 bits per heavy atom. The Labute approximate surface area is 226 Å². The van der Waals surface area contributed by atoms with Crippen LogP contribution in [0.5, 0.6) is 0 Å². The highest BCUT2D eigenvalue weighted by Gasteiger charge is 2.47. The average molecular weight is 542 g/mol. The van der Waals surface area contributed by atoms with Crippen molar-refractivity contribution in [1.82, 2.24) is 30.6 Å². The number of nitrogens with zero attached hydrogens (tertiary/aromatic N) is 3. The van der Waals surface area contributed by atoms with Crippen molar-refractivity contribution in [1.29, 1.82) is 0 Å². The predicted octanol–water partition coefficient (Wildman–Crippen LogP) is 1.20. The van der Waals surface area contributed by atoms with Gasteiger partial charge in [0.2, 0.25) is 17.7 Å². The molecule has 0 bridgehead atoms. The Morgan fingerprint density at radius 3 is 2.59 bits per heavy atom. The van der Waals surface area contributed by atoms with Crippen LogP contribution in [0.2, 0.25) is 0 Å². The van der Waals surface area contributed by atoms with Crippen molar-refractivity contribution in [2.24, 2.45) is 0 Å². The van der Waals surface area contributed by atoms with Gasteiger partial charge in [-0.1, -0.05) is 13.0 Å². The zero-order valence-electron chi connectivity index (χ0n) is 22.6. The number of aryl methyl sites for hydroxylation is 1. The van der Waals surface area contributed by atoms with Crippen molar-refractivity contribution < 1.29 is 23.6 Å². The lowest BCUT2D eigenvalue weighted by Gasteiger charge is -2.36. The molecule has 4 rings (SSSR count). The van der Waals surface area contributed by atoms with Crippen LogP contribution in [0.25, 0.3) is 0 Å². The molecule has 1 aromatic heterocycles. The molecule has 1 aliphatic carbocycles. The van der Waals surface area contributed by atoms with Crippen molar-refractivity contribution >= 4 is 29.3 Å². The number of piperazine rings is 1. The molecule has 1 saturated carbocycles. The summed E-state index contributed by atoms with van der Waals surface area (Å²) in [6.07, 6.45) is 3.88. The van der Waals surface area contributed by atoms with Gasteiger partial charge in [0, 0.05) is 50.8 Å². The quantitative estimate of drug-likeness (QED) is 0.357. The monoisotopic (exact) mass is 541 g/mol. The summed E-state index contributed by atoms with van der Waals surface area (Å²) in [5.41, 5.74) is 0.764. The van der Waals surface area contributed by atoms with E-state index in [0.717, 1.165) is 12.8 Å². The van der Waals surface area contributed by atoms with Crippen LogP contribution >= 0.6 is 0 Å². The van der Waals surface area contributed by atoms with E-state index in [2.05, 4.69) is 26.4 Å². The zero-order valence-corrected chi connectivity index (χ0v) is 22.6. The first-order valence-electron chi connectivity index (χ1n) is 13.4. The Kier molecular flexibility index (Phi) is 8.63. The standard InChI is InChI=1S/C27H36FN7O4/c1-4-23(36)32-21(26(39)34-13-12-29-27(16-34)9-10-27)15-18-6-7-20(19(28)14-18)33-24(37)17(3)31-25(38)22-8-11-30-35(22)5-2/h6-8,11,14,17,21,29H,4-5,9-10,12-13,15-16H2,1-3H3,(H,31,38)(H,32,36)(H,33,37)/t17-,21+/m0/s1. The molecular weight excluding hydrogens is 505 g/mol. The molecule has 2 atom stereocenters. The Morgan fingerprint density at radius 1 is 1.15 bits per heavy atom. The average Bonchev–Trinajstić information content (AvgIpc) is 3.47. The largest absolute Gasteiger partial charge is 0.344 e. The molecule has 0 unspecified atom stereocenters. The molecule has 1 aromatic carbocycles. The van der Waals surface area contributed by atoms with E-state index in [-0.39, 0.29) is 35.9 Å². The highest BCUT2D eigenvalue weighted by Crippen LogP contribution is 2.37. The molecule has 11 nitrogen and oxygen atoms in total. The molecule has 2 aromatic rings. The number of halogens is 1. The summed E-state index contributed by atoms with van der Waals surface area (Å²) in [5.74, 6) is -2.18. The summed E-state index contributed by atoms with van der Waals surface area (Å²) >= 11 is 0. The van der Waals surface area contributed by atoms with E-state index < -0.39 is 29.7 Å². The molecule has 4 amide bonds. The Balaban J connectivity index is 1.39. The van der Waals surface area contributed by atoms with Gasteiger partial charge < -0.3 is 26.2 Å². The van der Waals surface area contributed by atoms with E-state index in [4.69, 9.17) is 0 Å². The highest BCUT2D eigenvalue weighted by atomic mass is 19.1. The Bertz CT molecular complexity index is 1240. The van der Waals surface area contributed by atoms with Gasteiger partial charge in [0.05, 0.1) is 5.69 Å². The number of aromatic nitrogens is 2. The van der Waals surface area contributed by atoms with Crippen molar-refractivity contribution in [3.63, 3.8) is 0 Å². The summed E-state index contributed by atoms with van der Waals surface area (Å²) in [7, 11) is 0. The molecule has 1 aliphatic heterocycles. The van der Waals surface area contributed by atoms with Gasteiger partial charge in [-0.15, -0.1) is 0 Å². The van der Waals surface area contributed by atoms with Crippen molar-refractivity contribution in [2.75, 3.05) is 25.0 Å². The van der Waals surface area contributed by atoms with E-state index in [0.29, 0.717) is 37.4 Å². The fraction of sp³-hybridized carbons (Fsp3) is 0.519. The summed E-state index contributed by atoms with van der Waals surface area (Å²) < 4.78 is 16.5. The second kappa shape index (κ2) is 11.9. The summed E-state index contributed by atoms with van der Waals surface area (Å²) in [4.78, 5) is 52.4. The first kappa shape index (κ1) is 28.2. The smallest absolute Gasteiger partial charge is 0.270 e. The molecular formula is C27H36FN7O4. The van der Waals surface area contributed by atoms with Crippen LogP contribution in [-0.4, -0.2) is 75.6 Å². The van der Waals surface area contributed by atoms with Gasteiger partial charge in [0.1, 0.15) is 23.6 Å². The minimum absolute atomic E-state index is 0.00694. The predicted molar refractivity (Wildman–Crippen MR) is 142 cm³/mol. The van der Waals surface area contributed by atoms with Gasteiger partial charge in [-0.25, -0.2) is 4.39 Å². The van der Waals surface area contributed by atoms with Gasteiger partial charge >= 0.3 is 0 Å². The number of rotatable bonds is 10. The first-order chi connectivity index (χ1) is 18.6. The molecule has 12 heteroatoms. The number of nitrogens with one attached hydrogen (secondary N) is 4. The van der Waals surface area contributed by atoms with Gasteiger partial charge in [0.25, 0.3) is 5.91 Å². The van der Waals surface area contributed by atoms with E-state index in [1.165, 1.54) is 29.9 Å². The van der Waals surface area contributed by atoms with E-state index >= 15 is 0 Å². The van der Waals surface area contributed by atoms with Crippen molar-refractivity contribution in [2.45, 2.75) is 70.6 Å². The van der Waals surface area contributed by atoms with E-state index in [1.807, 2.05) is 6.92 Å². The van der Waals surface area contributed by atoms with Gasteiger partial charge in [0.15, 0.2) is 0 Å². The molecule has 1 saturated heterocycles. The molecule has 39 heavy (non-hydrogen) atoms. The summed E-state index contributed by atoms with van der Waals surface area (Å²) in [5, 5.41) is 15.4. The maximum Gasteiger partial charge on any atom is 0.270 e. The van der Waals surface area contributed by atoms with Crippen molar-refractivity contribution in [3.05, 3.63) is 47.5 Å². The van der Waals surface area contributed by atoms with Crippen LogP contribution < -0.4 is 21.3 Å². The van der Waals surface area contributed by atoms with Crippen LogP contribution in [0.1, 0.15) is 56.1 Å². The number of anilines is 1. The number of benzene rings is 1. The minimum Gasteiger partial charge on any atom is -0.344 e. The van der Waals surface area contributed by atoms with Crippen LogP contribution in [0.3, 0.4) is 0 Å². The zero-order chi connectivity index (χ0) is 28.2. The molecule has 0 radical (unpaired) electrons. The van der Waals surface area contributed by atoms with Crippen LogP contribution in [0.15, 0.2) is 30.5 Å². The molecule has 2 fully saturated rings. The first-order valence-corrected chi connectivity index (χ1v) is 13.4. The maximum atomic E-state index is 15.0. The number of carbonyl (C=O) groups is 4. The van der Waals surface area contributed by atoms with Crippen LogP contribution in [-0.2, 0) is 27.3 Å². The second-order valence-electron chi connectivity index (χ2n) is 10.2. The lowest BCUT2D eigenvalue weighted by Crippen LogP contribution is -2.58. The summed E-state index contributed by atoms with van der Waals surface area (Å²) in [6.45, 7) is 7.40. The number of amides is 4. The molecule has 2 heterocycles. The Hall–Kier alpha value is -3.80. The second-order valence-corrected chi connectivity index (χ2v) is 10.2. The third kappa shape index (κ3) is 6.80. The lowest BCUT2D eigenvalue weighted by atomic mass is 10.0. The molecule has 210 valence electrons. The SMILES string of the molecule is CCC(=O)N[C@H](Cc1ccc(NC(=O)[C@H](C)NC(=O)c2ccnn2CC)c(F)c1)C(=O)N1CCNC2(CC2)C1. The molecule has 1 spiro atoms. The van der Waals surface area contributed by atoms with Crippen molar-refractivity contribution in [3.8, 4) is 0 Å². The number of carbonyl (C=O) groups excluding carboxylic acids is 4. The third-order valence-corrected chi connectivity index (χ3v) is 7.22. The van der Waals surface area contributed by atoms with Crippen LogP contribution in [0, 0.1) is 5.82 Å². The molecule has 2 aliphatic rings. The number of hydrogen-bond acceptors (Lipinski definition) is 6. The fourth-order valence-electron chi connectivity index (χ4n) is 4.72. The molecule has 4 N–H and O–H groups in total. The number of hydrogen-bond donors (Lipinski definition) is 4. The normalized spacial score (nSPS) is 17.3. The van der Waals surface area contributed by atoms with Gasteiger partial charge in [-0.3, -0.25) is 23.9 Å². The van der Waals surface area contributed by atoms with Gasteiger partial charge in [-0.2, -0.15) is 5.10 Å². The van der Waals surface area contributed by atoms with E-state index in [1.54, 1.807) is 24.0 Å². The van der Waals surface area contributed by atoms with Gasteiger partial charge in [-0.05, 0) is 50.5 Å². The lowest BCUT2D eigenvalue weighted by molar-refractivity contribution is -0.137. The minimum atomic E-state index is -0.933. The highest BCUT2D eigenvalue weighted by molar-refractivity contribution is 6.00.